The van der Waals surface area contributed by atoms with Gasteiger partial charge in [0.1, 0.15) is 36.7 Å². The lowest BCUT2D eigenvalue weighted by atomic mass is 10.1. The molecule has 3 rings (SSSR count). The number of carbonyl (C=O) groups excluding carboxylic acids is 1. The fourth-order valence-corrected chi connectivity index (χ4v) is 2.96. The second-order valence-corrected chi connectivity index (χ2v) is 6.94. The van der Waals surface area contributed by atoms with Gasteiger partial charge in [-0.15, -0.1) is 6.42 Å². The van der Waals surface area contributed by atoms with Crippen molar-refractivity contribution in [1.82, 2.24) is 9.55 Å². The van der Waals surface area contributed by atoms with E-state index in [1.165, 1.54) is 0 Å². The van der Waals surface area contributed by atoms with Crippen LogP contribution >= 0.6 is 0 Å². The highest BCUT2D eigenvalue weighted by molar-refractivity contribution is 5.71. The lowest BCUT2D eigenvalue weighted by Gasteiger charge is -2.20. The predicted octanol–water partition coefficient (Wildman–Crippen LogP) is 0.0277. The third-order valence-corrected chi connectivity index (χ3v) is 4.76. The highest BCUT2D eigenvalue weighted by Crippen LogP contribution is 2.37. The third-order valence-electron chi connectivity index (χ3n) is 4.76. The predicted molar refractivity (Wildman–Crippen MR) is 106 cm³/mol. The summed E-state index contributed by atoms with van der Waals surface area (Å²) in [5.74, 6) is -0.862. The standard InChI is InChI=1S/C21H21FN2O8/c1-3-13-9-24(19-16(27)17(28)21(22,11-25)32-19)20(29)23-18(13)30-10-12-5-7-14(8-6-12)31-15(26)4-2/h1,5-9,16-17,19,25,27-28H,4,10-11H2,2H3/t16-,17+,19-,21-/m1/s1. The molecule has 0 amide bonds. The van der Waals surface area contributed by atoms with Crippen molar-refractivity contribution in [2.24, 2.45) is 0 Å². The Labute approximate surface area is 181 Å². The molecule has 1 aliphatic heterocycles. The van der Waals surface area contributed by atoms with Gasteiger partial charge in [0.05, 0.1) is 0 Å². The van der Waals surface area contributed by atoms with Crippen molar-refractivity contribution >= 4 is 5.97 Å². The number of aromatic nitrogens is 2. The van der Waals surface area contributed by atoms with Crippen LogP contribution in [0.25, 0.3) is 0 Å². The van der Waals surface area contributed by atoms with Crippen LogP contribution in [0.2, 0.25) is 0 Å². The molecule has 1 aliphatic rings. The van der Waals surface area contributed by atoms with Crippen molar-refractivity contribution in [3.8, 4) is 24.0 Å². The van der Waals surface area contributed by atoms with Gasteiger partial charge in [-0.2, -0.15) is 4.98 Å². The van der Waals surface area contributed by atoms with Crippen molar-refractivity contribution in [3.63, 3.8) is 0 Å². The number of esters is 1. The Morgan fingerprint density at radius 3 is 2.62 bits per heavy atom. The lowest BCUT2D eigenvalue weighted by molar-refractivity contribution is -0.207. The van der Waals surface area contributed by atoms with Gasteiger partial charge >= 0.3 is 11.7 Å². The molecule has 10 nitrogen and oxygen atoms in total. The molecule has 1 saturated heterocycles. The van der Waals surface area contributed by atoms with Crippen LogP contribution in [0.1, 0.15) is 30.7 Å². The van der Waals surface area contributed by atoms with Gasteiger partial charge in [-0.1, -0.05) is 25.0 Å². The molecule has 0 spiro atoms. The number of ether oxygens (including phenoxy) is 3. The highest BCUT2D eigenvalue weighted by Gasteiger charge is 2.56. The number of rotatable bonds is 7. The Morgan fingerprint density at radius 1 is 1.38 bits per heavy atom. The molecule has 0 saturated carbocycles. The zero-order valence-corrected chi connectivity index (χ0v) is 17.0. The Balaban J connectivity index is 1.77. The molecular weight excluding hydrogens is 427 g/mol. The van der Waals surface area contributed by atoms with Gasteiger partial charge in [-0.3, -0.25) is 9.36 Å². The van der Waals surface area contributed by atoms with Crippen LogP contribution in [-0.2, 0) is 16.1 Å². The molecule has 32 heavy (non-hydrogen) atoms. The number of aliphatic hydroxyl groups is 3. The molecule has 11 heteroatoms. The fourth-order valence-electron chi connectivity index (χ4n) is 2.96. The summed E-state index contributed by atoms with van der Waals surface area (Å²) in [6, 6.07) is 6.45. The number of hydrogen-bond donors (Lipinski definition) is 3. The third kappa shape index (κ3) is 4.63. The minimum atomic E-state index is -2.95. The normalized spacial score (nSPS) is 24.7. The molecule has 0 bridgehead atoms. The summed E-state index contributed by atoms with van der Waals surface area (Å²) in [5, 5.41) is 28.9. The van der Waals surface area contributed by atoms with Crippen molar-refractivity contribution < 1.29 is 38.7 Å². The van der Waals surface area contributed by atoms with Crippen LogP contribution < -0.4 is 15.2 Å². The highest BCUT2D eigenvalue weighted by atomic mass is 19.2. The summed E-state index contributed by atoms with van der Waals surface area (Å²) in [5.41, 5.74) is -0.318. The van der Waals surface area contributed by atoms with Crippen molar-refractivity contribution in [1.29, 1.82) is 0 Å². The molecule has 0 unspecified atom stereocenters. The van der Waals surface area contributed by atoms with Crippen LogP contribution in [0.3, 0.4) is 0 Å². The fraction of sp³-hybridized carbons (Fsp3) is 0.381. The first-order chi connectivity index (χ1) is 15.2. The topological polar surface area (TPSA) is 140 Å². The van der Waals surface area contributed by atoms with Gasteiger partial charge in [0.15, 0.2) is 6.23 Å². The zero-order chi connectivity index (χ0) is 23.5. The second kappa shape index (κ2) is 9.46. The monoisotopic (exact) mass is 448 g/mol. The van der Waals surface area contributed by atoms with E-state index in [-0.39, 0.29) is 30.4 Å². The molecular formula is C21H21FN2O8. The maximum Gasteiger partial charge on any atom is 0.353 e. The van der Waals surface area contributed by atoms with E-state index in [9.17, 15) is 24.2 Å². The first-order valence-corrected chi connectivity index (χ1v) is 9.58. The Hall–Kier alpha value is -3.30. The van der Waals surface area contributed by atoms with Gasteiger partial charge in [0.25, 0.3) is 5.85 Å². The van der Waals surface area contributed by atoms with E-state index in [2.05, 4.69) is 10.9 Å². The van der Waals surface area contributed by atoms with E-state index < -0.39 is 36.6 Å². The SMILES string of the molecule is C#Cc1cn([C@@H]2O[C@](F)(CO)[C@@H](O)[C@H]2O)c(=O)nc1OCc1ccc(OC(=O)CC)cc1. The Morgan fingerprint density at radius 2 is 2.06 bits per heavy atom. The maximum atomic E-state index is 14.3. The average Bonchev–Trinajstić information content (AvgIpc) is 3.03. The van der Waals surface area contributed by atoms with E-state index in [0.29, 0.717) is 15.9 Å². The number of nitrogens with zero attached hydrogens (tertiary/aromatic N) is 2. The zero-order valence-electron chi connectivity index (χ0n) is 17.0. The summed E-state index contributed by atoms with van der Waals surface area (Å²) < 4.78 is 30.5. The molecule has 2 aromatic rings. The first-order valence-electron chi connectivity index (χ1n) is 9.58. The summed E-state index contributed by atoms with van der Waals surface area (Å²) in [7, 11) is 0. The van der Waals surface area contributed by atoms with E-state index in [4.69, 9.17) is 25.7 Å². The number of terminal acetylenes is 1. The van der Waals surface area contributed by atoms with Crippen LogP contribution in [0.4, 0.5) is 4.39 Å². The minimum Gasteiger partial charge on any atom is -0.472 e. The van der Waals surface area contributed by atoms with Crippen molar-refractivity contribution in [2.75, 3.05) is 6.61 Å². The number of hydrogen-bond acceptors (Lipinski definition) is 9. The number of benzene rings is 1. The average molecular weight is 448 g/mol. The second-order valence-electron chi connectivity index (χ2n) is 6.94. The molecule has 1 fully saturated rings. The van der Waals surface area contributed by atoms with Gasteiger partial charge in [-0.25, -0.2) is 9.18 Å². The molecule has 2 heterocycles. The molecule has 3 N–H and O–H groups in total. The molecule has 170 valence electrons. The summed E-state index contributed by atoms with van der Waals surface area (Å²) >= 11 is 0. The van der Waals surface area contributed by atoms with Crippen molar-refractivity contribution in [2.45, 2.75) is 44.2 Å². The van der Waals surface area contributed by atoms with Crippen molar-refractivity contribution in [3.05, 3.63) is 52.1 Å². The van der Waals surface area contributed by atoms with Gasteiger partial charge in [0.2, 0.25) is 5.88 Å². The van der Waals surface area contributed by atoms with E-state index >= 15 is 0 Å². The molecule has 0 aliphatic carbocycles. The van der Waals surface area contributed by atoms with E-state index in [0.717, 1.165) is 6.20 Å². The van der Waals surface area contributed by atoms with Gasteiger partial charge in [0, 0.05) is 12.6 Å². The van der Waals surface area contributed by atoms with Gasteiger partial charge < -0.3 is 29.5 Å². The summed E-state index contributed by atoms with van der Waals surface area (Å²) in [6.45, 7) is 0.423. The van der Waals surface area contributed by atoms with Crippen LogP contribution in [0, 0.1) is 12.3 Å². The lowest BCUT2D eigenvalue weighted by Crippen LogP contribution is -2.42. The molecule has 4 atom stereocenters. The van der Waals surface area contributed by atoms with E-state index in [1.807, 2.05) is 0 Å². The quantitative estimate of drug-likeness (QED) is 0.304. The Bertz CT molecular complexity index is 1080. The molecule has 1 aromatic heterocycles. The number of carbonyl (C=O) groups is 1. The number of aliphatic hydroxyl groups excluding tert-OH is 3. The molecule has 1 aromatic carbocycles. The Kier molecular flexibility index (Phi) is 6.90. The minimum absolute atomic E-state index is 0.00347. The maximum absolute atomic E-state index is 14.3. The summed E-state index contributed by atoms with van der Waals surface area (Å²) in [4.78, 5) is 27.5. The summed E-state index contributed by atoms with van der Waals surface area (Å²) in [6.07, 6.45) is 1.16. The number of halogens is 1. The number of alkyl halides is 1. The largest absolute Gasteiger partial charge is 0.472 e. The van der Waals surface area contributed by atoms with E-state index in [1.54, 1.807) is 31.2 Å². The van der Waals surface area contributed by atoms with Gasteiger partial charge in [-0.05, 0) is 17.7 Å². The van der Waals surface area contributed by atoms with Crippen LogP contribution in [-0.4, -0.2) is 55.5 Å². The smallest absolute Gasteiger partial charge is 0.353 e. The first kappa shape index (κ1) is 23.4. The van der Waals surface area contributed by atoms with Crippen LogP contribution in [0.15, 0.2) is 35.3 Å². The molecule has 0 radical (unpaired) electrons. The van der Waals surface area contributed by atoms with Crippen LogP contribution in [0.5, 0.6) is 11.6 Å².